The predicted molar refractivity (Wildman–Crippen MR) is 108 cm³/mol. The Kier molecular flexibility index (Phi) is 4.88. The molecular weight excluding hydrogens is 376 g/mol. The van der Waals surface area contributed by atoms with E-state index in [9.17, 15) is 18.3 Å². The van der Waals surface area contributed by atoms with Gasteiger partial charge >= 0.3 is 0 Å². The van der Waals surface area contributed by atoms with Gasteiger partial charge in [-0.25, -0.2) is 8.42 Å². The lowest BCUT2D eigenvalue weighted by molar-refractivity contribution is -0.189. The molecule has 1 spiro atoms. The monoisotopic (exact) mass is 404 g/mol. The Labute approximate surface area is 166 Å². The van der Waals surface area contributed by atoms with Gasteiger partial charge in [0.1, 0.15) is 0 Å². The molecule has 152 valence electrons. The van der Waals surface area contributed by atoms with Gasteiger partial charge in [0, 0.05) is 25.4 Å². The van der Waals surface area contributed by atoms with E-state index in [4.69, 9.17) is 0 Å². The number of hydrogen-bond acceptors (Lipinski definition) is 4. The fourth-order valence-corrected chi connectivity index (χ4v) is 5.80. The SMILES string of the molecule is CC=Cc1ccc([C@@H]2[C@H](CO)N(C(=O)CC3CC3)C23CN(S(C)(=O)=O)C3)cc1. The molecule has 2 saturated heterocycles. The molecule has 2 heterocycles. The number of amides is 1. The number of aliphatic hydroxyl groups is 1. The number of hydrogen-bond donors (Lipinski definition) is 1. The van der Waals surface area contributed by atoms with Gasteiger partial charge in [0.15, 0.2) is 0 Å². The average Bonchev–Trinajstić information content (AvgIpc) is 3.37. The van der Waals surface area contributed by atoms with Gasteiger partial charge in [-0.15, -0.1) is 0 Å². The quantitative estimate of drug-likeness (QED) is 0.785. The second-order valence-corrected chi connectivity index (χ2v) is 10.4. The molecule has 4 rings (SSSR count). The zero-order valence-electron chi connectivity index (χ0n) is 16.4. The molecule has 6 nitrogen and oxygen atoms in total. The van der Waals surface area contributed by atoms with Crippen molar-refractivity contribution in [2.45, 2.75) is 43.7 Å². The van der Waals surface area contributed by atoms with E-state index in [0.717, 1.165) is 24.0 Å². The molecule has 0 radical (unpaired) electrons. The van der Waals surface area contributed by atoms with Crippen molar-refractivity contribution in [2.24, 2.45) is 5.92 Å². The van der Waals surface area contributed by atoms with E-state index in [-0.39, 0.29) is 24.5 Å². The van der Waals surface area contributed by atoms with Crippen molar-refractivity contribution in [3.8, 4) is 0 Å². The third kappa shape index (κ3) is 3.19. The highest BCUT2D eigenvalue weighted by Gasteiger charge is 2.68. The molecule has 2 atom stereocenters. The number of sulfonamides is 1. The van der Waals surface area contributed by atoms with Crippen molar-refractivity contribution in [3.05, 3.63) is 41.5 Å². The van der Waals surface area contributed by atoms with Crippen LogP contribution in [0.2, 0.25) is 0 Å². The topological polar surface area (TPSA) is 77.9 Å². The Morgan fingerprint density at radius 2 is 1.89 bits per heavy atom. The highest BCUT2D eigenvalue weighted by molar-refractivity contribution is 7.88. The van der Waals surface area contributed by atoms with E-state index in [2.05, 4.69) is 0 Å². The minimum atomic E-state index is -3.29. The highest BCUT2D eigenvalue weighted by Crippen LogP contribution is 2.55. The van der Waals surface area contributed by atoms with Crippen LogP contribution < -0.4 is 0 Å². The predicted octanol–water partition coefficient (Wildman–Crippen LogP) is 1.82. The first kappa shape index (κ1) is 19.6. The first-order valence-electron chi connectivity index (χ1n) is 9.91. The molecule has 3 aliphatic rings. The van der Waals surface area contributed by atoms with Gasteiger partial charge < -0.3 is 10.0 Å². The maximum Gasteiger partial charge on any atom is 0.223 e. The van der Waals surface area contributed by atoms with Crippen molar-refractivity contribution in [3.63, 3.8) is 0 Å². The number of allylic oxidation sites excluding steroid dienone is 1. The molecule has 7 heteroatoms. The Hall–Kier alpha value is -1.70. The van der Waals surface area contributed by atoms with Crippen molar-refractivity contribution < 1.29 is 18.3 Å². The van der Waals surface area contributed by atoms with Crippen molar-refractivity contribution in [1.29, 1.82) is 0 Å². The van der Waals surface area contributed by atoms with Crippen molar-refractivity contribution >= 4 is 22.0 Å². The number of carbonyl (C=O) groups is 1. The highest BCUT2D eigenvalue weighted by atomic mass is 32.2. The Morgan fingerprint density at radius 1 is 1.25 bits per heavy atom. The van der Waals surface area contributed by atoms with Crippen LogP contribution in [0.5, 0.6) is 0 Å². The number of aliphatic hydroxyl groups excluding tert-OH is 1. The molecule has 1 aromatic rings. The molecule has 0 bridgehead atoms. The summed E-state index contributed by atoms with van der Waals surface area (Å²) >= 11 is 0. The minimum absolute atomic E-state index is 0.0523. The van der Waals surface area contributed by atoms with Crippen molar-refractivity contribution in [2.75, 3.05) is 26.0 Å². The standard InChI is InChI=1S/C21H28N2O4S/c1-3-4-15-7-9-17(10-8-15)20-18(12-24)23(19(25)11-16-5-6-16)21(20)13-22(14-21)28(2,26)27/h3-4,7-10,16,18,20,24H,5-6,11-14H2,1-2H3/t18-,20+/m0/s1. The Bertz CT molecular complexity index is 883. The molecule has 1 saturated carbocycles. The van der Waals surface area contributed by atoms with Gasteiger partial charge in [0.2, 0.25) is 15.9 Å². The summed E-state index contributed by atoms with van der Waals surface area (Å²) in [7, 11) is -3.29. The smallest absolute Gasteiger partial charge is 0.223 e. The summed E-state index contributed by atoms with van der Waals surface area (Å²) < 4.78 is 25.4. The van der Waals surface area contributed by atoms with Gasteiger partial charge in [0.05, 0.1) is 24.4 Å². The van der Waals surface area contributed by atoms with E-state index in [0.29, 0.717) is 25.4 Å². The van der Waals surface area contributed by atoms with Gasteiger partial charge in [-0.05, 0) is 36.8 Å². The van der Waals surface area contributed by atoms with Crippen LogP contribution in [0.3, 0.4) is 0 Å². The van der Waals surface area contributed by atoms with Crippen LogP contribution in [0, 0.1) is 5.92 Å². The zero-order valence-corrected chi connectivity index (χ0v) is 17.2. The van der Waals surface area contributed by atoms with Crippen LogP contribution in [0.1, 0.15) is 43.2 Å². The third-order valence-electron chi connectivity index (χ3n) is 6.42. The fourth-order valence-electron chi connectivity index (χ4n) is 4.88. The van der Waals surface area contributed by atoms with Crippen LogP contribution >= 0.6 is 0 Å². The lowest BCUT2D eigenvalue weighted by Crippen LogP contribution is -2.85. The average molecular weight is 405 g/mol. The van der Waals surface area contributed by atoms with Gasteiger partial charge in [-0.3, -0.25) is 4.79 Å². The molecule has 0 unspecified atom stereocenters. The lowest BCUT2D eigenvalue weighted by atomic mass is 9.61. The first-order valence-corrected chi connectivity index (χ1v) is 11.8. The Morgan fingerprint density at radius 3 is 2.39 bits per heavy atom. The van der Waals surface area contributed by atoms with Crippen LogP contribution in [0.4, 0.5) is 0 Å². The molecule has 1 aliphatic carbocycles. The van der Waals surface area contributed by atoms with E-state index in [1.54, 1.807) is 4.90 Å². The molecule has 1 amide bonds. The van der Waals surface area contributed by atoms with E-state index in [1.807, 2.05) is 43.3 Å². The molecule has 2 aliphatic heterocycles. The van der Waals surface area contributed by atoms with Crippen molar-refractivity contribution in [1.82, 2.24) is 9.21 Å². The van der Waals surface area contributed by atoms with Crippen LogP contribution in [0.25, 0.3) is 6.08 Å². The maximum absolute atomic E-state index is 13.0. The molecule has 1 aromatic carbocycles. The third-order valence-corrected chi connectivity index (χ3v) is 7.61. The number of nitrogens with zero attached hydrogens (tertiary/aromatic N) is 2. The number of benzene rings is 1. The second-order valence-electron chi connectivity index (χ2n) is 8.44. The summed E-state index contributed by atoms with van der Waals surface area (Å²) in [5, 5.41) is 10.1. The molecule has 28 heavy (non-hydrogen) atoms. The molecule has 3 fully saturated rings. The number of carbonyl (C=O) groups excluding carboxylic acids is 1. The first-order chi connectivity index (χ1) is 13.3. The van der Waals surface area contributed by atoms with Crippen LogP contribution in [-0.4, -0.2) is 66.2 Å². The molecular formula is C21H28N2O4S. The maximum atomic E-state index is 13.0. The van der Waals surface area contributed by atoms with E-state index in [1.165, 1.54) is 10.6 Å². The summed E-state index contributed by atoms with van der Waals surface area (Å²) in [5.41, 5.74) is 1.61. The number of likely N-dealkylation sites (tertiary alicyclic amines) is 1. The van der Waals surface area contributed by atoms with Gasteiger partial charge in [0.25, 0.3) is 0 Å². The van der Waals surface area contributed by atoms with Crippen LogP contribution in [0.15, 0.2) is 30.3 Å². The summed E-state index contributed by atoms with van der Waals surface area (Å²) in [6.45, 7) is 2.46. The number of rotatable bonds is 6. The molecule has 0 aromatic heterocycles. The second kappa shape index (κ2) is 6.97. The fraction of sp³-hybridized carbons (Fsp3) is 0.571. The Balaban J connectivity index is 1.64. The molecule has 1 N–H and O–H groups in total. The zero-order chi connectivity index (χ0) is 20.1. The summed E-state index contributed by atoms with van der Waals surface area (Å²) in [6, 6.07) is 7.84. The van der Waals surface area contributed by atoms with Gasteiger partial charge in [-0.1, -0.05) is 36.4 Å². The van der Waals surface area contributed by atoms with Crippen LogP contribution in [-0.2, 0) is 14.8 Å². The lowest BCUT2D eigenvalue weighted by Gasteiger charge is -2.70. The summed E-state index contributed by atoms with van der Waals surface area (Å²) in [5.74, 6) is 0.448. The normalized spacial score (nSPS) is 27.0. The largest absolute Gasteiger partial charge is 0.394 e. The van der Waals surface area contributed by atoms with E-state index >= 15 is 0 Å². The summed E-state index contributed by atoms with van der Waals surface area (Å²) in [4.78, 5) is 14.8. The minimum Gasteiger partial charge on any atom is -0.394 e. The summed E-state index contributed by atoms with van der Waals surface area (Å²) in [6.07, 6.45) is 7.88. The van der Waals surface area contributed by atoms with Gasteiger partial charge in [-0.2, -0.15) is 4.31 Å². The van der Waals surface area contributed by atoms with E-state index < -0.39 is 15.6 Å².